The zero-order valence-electron chi connectivity index (χ0n) is 14.4. The minimum absolute atomic E-state index is 0.0872. The molecule has 4 heteroatoms. The van der Waals surface area contributed by atoms with Crippen LogP contribution in [0.1, 0.15) is 49.1 Å². The monoisotopic (exact) mass is 375 g/mol. The molecular weight excluding hydrogens is 353 g/mol. The molecule has 0 aliphatic heterocycles. The normalized spacial score (nSPS) is 20.3. The molecule has 2 aromatic carbocycles. The van der Waals surface area contributed by atoms with Gasteiger partial charge < -0.3 is 5.32 Å². The van der Waals surface area contributed by atoms with E-state index in [-0.39, 0.29) is 5.91 Å². The molecule has 1 aliphatic carbocycles. The van der Waals surface area contributed by atoms with E-state index in [1.54, 1.807) is 12.1 Å². The van der Waals surface area contributed by atoms with Gasteiger partial charge in [-0.05, 0) is 85.9 Å². The predicted molar refractivity (Wildman–Crippen MR) is 106 cm³/mol. The first-order chi connectivity index (χ1) is 12.0. The lowest BCUT2D eigenvalue weighted by Gasteiger charge is -2.28. The third kappa shape index (κ3) is 4.99. The number of rotatable bonds is 4. The highest BCUT2D eigenvalue weighted by atomic mass is 35.5. The summed E-state index contributed by atoms with van der Waals surface area (Å²) in [6.07, 6.45) is 5.01. The fourth-order valence-electron chi connectivity index (χ4n) is 3.57. The van der Waals surface area contributed by atoms with E-state index in [1.807, 2.05) is 19.1 Å². The number of benzene rings is 2. The Hall–Kier alpha value is -1.51. The third-order valence-electron chi connectivity index (χ3n) is 5.12. The Labute approximate surface area is 159 Å². The number of carbonyl (C=O) groups excluding carboxylic acids is 1. The van der Waals surface area contributed by atoms with Crippen LogP contribution in [0.15, 0.2) is 42.5 Å². The molecule has 2 aromatic rings. The predicted octanol–water partition coefficient (Wildman–Crippen LogP) is 6.60. The first-order valence-corrected chi connectivity index (χ1v) is 9.58. The van der Waals surface area contributed by atoms with Gasteiger partial charge >= 0.3 is 0 Å². The molecule has 0 spiro atoms. The van der Waals surface area contributed by atoms with Gasteiger partial charge in [0.2, 0.25) is 5.91 Å². The molecule has 0 saturated heterocycles. The van der Waals surface area contributed by atoms with E-state index < -0.39 is 0 Å². The highest BCUT2D eigenvalue weighted by Gasteiger charge is 2.24. The molecule has 0 heterocycles. The number of aryl methyl sites for hydroxylation is 1. The van der Waals surface area contributed by atoms with Crippen LogP contribution in [0.25, 0.3) is 0 Å². The lowest BCUT2D eigenvalue weighted by molar-refractivity contribution is -0.117. The number of hydrogen-bond acceptors (Lipinski definition) is 1. The van der Waals surface area contributed by atoms with Crippen LogP contribution in [0, 0.1) is 12.8 Å². The van der Waals surface area contributed by atoms with Gasteiger partial charge in [0.25, 0.3) is 0 Å². The van der Waals surface area contributed by atoms with E-state index >= 15 is 0 Å². The minimum Gasteiger partial charge on any atom is -0.326 e. The summed E-state index contributed by atoms with van der Waals surface area (Å²) >= 11 is 12.1. The second-order valence-corrected chi connectivity index (χ2v) is 7.83. The van der Waals surface area contributed by atoms with E-state index in [0.29, 0.717) is 23.3 Å². The van der Waals surface area contributed by atoms with Gasteiger partial charge in [-0.1, -0.05) is 35.3 Å². The average Bonchev–Trinajstić information content (AvgIpc) is 2.60. The van der Waals surface area contributed by atoms with E-state index in [0.717, 1.165) is 42.0 Å². The van der Waals surface area contributed by atoms with E-state index in [9.17, 15) is 4.79 Å². The average molecular weight is 376 g/mol. The zero-order valence-corrected chi connectivity index (χ0v) is 15.9. The van der Waals surface area contributed by atoms with Crippen molar-refractivity contribution in [1.82, 2.24) is 0 Å². The second-order valence-electron chi connectivity index (χ2n) is 6.99. The summed E-state index contributed by atoms with van der Waals surface area (Å²) in [7, 11) is 0. The fourth-order valence-corrected chi connectivity index (χ4v) is 3.89. The van der Waals surface area contributed by atoms with Crippen molar-refractivity contribution in [3.8, 4) is 0 Å². The Balaban J connectivity index is 1.49. The zero-order chi connectivity index (χ0) is 17.8. The van der Waals surface area contributed by atoms with Crippen LogP contribution in [-0.4, -0.2) is 5.91 Å². The first kappa shape index (κ1) is 18.3. The van der Waals surface area contributed by atoms with Crippen LogP contribution >= 0.6 is 23.2 Å². The summed E-state index contributed by atoms with van der Waals surface area (Å²) in [6.45, 7) is 2.03. The molecule has 0 aromatic heterocycles. The molecule has 25 heavy (non-hydrogen) atoms. The largest absolute Gasteiger partial charge is 0.326 e. The van der Waals surface area contributed by atoms with Gasteiger partial charge in [0.05, 0.1) is 0 Å². The van der Waals surface area contributed by atoms with E-state index in [2.05, 4.69) is 23.5 Å². The minimum atomic E-state index is 0.0872. The van der Waals surface area contributed by atoms with Crippen LogP contribution < -0.4 is 5.32 Å². The molecule has 2 nitrogen and oxygen atoms in total. The SMILES string of the molecule is Cc1ccc(C2CCC(CC(=O)Nc3ccc(Cl)cc3)CC2)cc1Cl. The molecule has 1 amide bonds. The van der Waals surface area contributed by atoms with Gasteiger partial charge in [0.1, 0.15) is 0 Å². The van der Waals surface area contributed by atoms with E-state index in [4.69, 9.17) is 23.2 Å². The Morgan fingerprint density at radius 1 is 1.04 bits per heavy atom. The Morgan fingerprint density at radius 3 is 2.36 bits per heavy atom. The summed E-state index contributed by atoms with van der Waals surface area (Å²) in [5.41, 5.74) is 3.26. The number of nitrogens with one attached hydrogen (secondary N) is 1. The molecule has 0 unspecified atom stereocenters. The molecule has 132 valence electrons. The maximum atomic E-state index is 12.2. The summed E-state index contributed by atoms with van der Waals surface area (Å²) < 4.78 is 0. The van der Waals surface area contributed by atoms with Crippen molar-refractivity contribution in [2.75, 3.05) is 5.32 Å². The van der Waals surface area contributed by atoms with Crippen LogP contribution in [0.3, 0.4) is 0 Å². The lowest BCUT2D eigenvalue weighted by Crippen LogP contribution is -2.20. The van der Waals surface area contributed by atoms with Crippen LogP contribution in [0.4, 0.5) is 5.69 Å². The highest BCUT2D eigenvalue weighted by Crippen LogP contribution is 2.38. The van der Waals surface area contributed by atoms with Gasteiger partial charge in [-0.15, -0.1) is 0 Å². The van der Waals surface area contributed by atoms with Crippen molar-refractivity contribution in [3.63, 3.8) is 0 Å². The summed E-state index contributed by atoms with van der Waals surface area (Å²) in [4.78, 5) is 12.2. The number of amides is 1. The maximum Gasteiger partial charge on any atom is 0.224 e. The molecule has 0 atom stereocenters. The van der Waals surface area contributed by atoms with Crippen molar-refractivity contribution in [3.05, 3.63) is 63.6 Å². The number of anilines is 1. The summed E-state index contributed by atoms with van der Waals surface area (Å²) in [5.74, 6) is 1.11. The standard InChI is InChI=1S/C21H23Cl2NO/c1-14-2-5-17(13-20(14)23)16-6-3-15(4-7-16)12-21(25)24-19-10-8-18(22)9-11-19/h2,5,8-11,13,15-16H,3-4,6-7,12H2,1H3,(H,24,25). The topological polar surface area (TPSA) is 29.1 Å². The van der Waals surface area contributed by atoms with Crippen LogP contribution in [-0.2, 0) is 4.79 Å². The molecule has 3 rings (SSSR count). The van der Waals surface area contributed by atoms with Gasteiger partial charge in [-0.25, -0.2) is 0 Å². The van der Waals surface area contributed by atoms with Gasteiger partial charge in [0.15, 0.2) is 0 Å². The van der Waals surface area contributed by atoms with Gasteiger partial charge in [-0.3, -0.25) is 4.79 Å². The third-order valence-corrected chi connectivity index (χ3v) is 5.78. The fraction of sp³-hybridized carbons (Fsp3) is 0.381. The van der Waals surface area contributed by atoms with Crippen LogP contribution in [0.5, 0.6) is 0 Å². The number of carbonyl (C=O) groups is 1. The first-order valence-electron chi connectivity index (χ1n) is 8.82. The number of halogens is 2. The maximum absolute atomic E-state index is 12.2. The summed E-state index contributed by atoms with van der Waals surface area (Å²) in [5, 5.41) is 4.48. The smallest absolute Gasteiger partial charge is 0.224 e. The highest BCUT2D eigenvalue weighted by molar-refractivity contribution is 6.31. The lowest BCUT2D eigenvalue weighted by atomic mass is 9.77. The van der Waals surface area contributed by atoms with Gasteiger partial charge in [-0.2, -0.15) is 0 Å². The van der Waals surface area contributed by atoms with Crippen molar-refractivity contribution in [1.29, 1.82) is 0 Å². The number of hydrogen-bond donors (Lipinski definition) is 1. The van der Waals surface area contributed by atoms with E-state index in [1.165, 1.54) is 5.56 Å². The second kappa shape index (κ2) is 8.25. The van der Waals surface area contributed by atoms with Gasteiger partial charge in [0, 0.05) is 22.2 Å². The van der Waals surface area contributed by atoms with Crippen molar-refractivity contribution < 1.29 is 4.79 Å². The van der Waals surface area contributed by atoms with Crippen molar-refractivity contribution >= 4 is 34.8 Å². The molecule has 1 aliphatic rings. The molecular formula is C21H23Cl2NO. The summed E-state index contributed by atoms with van der Waals surface area (Å²) in [6, 6.07) is 13.6. The van der Waals surface area contributed by atoms with Crippen molar-refractivity contribution in [2.24, 2.45) is 5.92 Å². The molecule has 0 bridgehead atoms. The Bertz CT molecular complexity index is 734. The van der Waals surface area contributed by atoms with Crippen molar-refractivity contribution in [2.45, 2.75) is 44.9 Å². The quantitative estimate of drug-likeness (QED) is 0.640. The Morgan fingerprint density at radius 2 is 1.72 bits per heavy atom. The molecule has 1 N–H and O–H groups in total. The Kier molecular flexibility index (Phi) is 6.03. The van der Waals surface area contributed by atoms with Crippen LogP contribution in [0.2, 0.25) is 10.0 Å². The molecule has 0 radical (unpaired) electrons. The molecule has 1 fully saturated rings. The molecule has 1 saturated carbocycles.